The number of fused-ring (bicyclic) bond motifs is 2. The van der Waals surface area contributed by atoms with Gasteiger partial charge in [-0.05, 0) is 38.5 Å². The molecule has 0 fully saturated rings. The van der Waals surface area contributed by atoms with Gasteiger partial charge in [-0.15, -0.1) is 0 Å². The van der Waals surface area contributed by atoms with E-state index < -0.39 is 5.41 Å². The van der Waals surface area contributed by atoms with Crippen molar-refractivity contribution >= 4 is 22.5 Å². The van der Waals surface area contributed by atoms with Crippen molar-refractivity contribution in [2.75, 3.05) is 25.2 Å². The molecular weight excluding hydrogens is 282 g/mol. The summed E-state index contributed by atoms with van der Waals surface area (Å²) >= 11 is 0. The van der Waals surface area contributed by atoms with Gasteiger partial charge < -0.3 is 14.6 Å². The molecule has 22 heavy (non-hydrogen) atoms. The van der Waals surface area contributed by atoms with E-state index in [2.05, 4.69) is 9.97 Å². The third-order valence-electron chi connectivity index (χ3n) is 4.20. The fourth-order valence-corrected chi connectivity index (χ4v) is 2.98. The molecule has 2 heterocycles. The Bertz CT molecular complexity index is 823. The predicted molar refractivity (Wildman–Crippen MR) is 84.4 cm³/mol. The molecule has 0 saturated heterocycles. The number of amides is 1. The number of rotatable bonds is 3. The number of aryl methyl sites for hydroxylation is 1. The number of H-pyrrole nitrogens is 1. The SMILES string of the molecule is COCCN1C(=O)C(C)(C)c2cc3nc(C)[nH]c(=O)c3cc21. The van der Waals surface area contributed by atoms with E-state index in [0.29, 0.717) is 29.9 Å². The topological polar surface area (TPSA) is 75.3 Å². The Hall–Kier alpha value is -2.21. The zero-order chi connectivity index (χ0) is 16.1. The second kappa shape index (κ2) is 4.91. The first kappa shape index (κ1) is 14.7. The lowest BCUT2D eigenvalue weighted by Gasteiger charge is -2.19. The number of anilines is 1. The Morgan fingerprint density at radius 1 is 1.32 bits per heavy atom. The van der Waals surface area contributed by atoms with Crippen LogP contribution in [-0.2, 0) is 14.9 Å². The molecule has 1 aromatic carbocycles. The van der Waals surface area contributed by atoms with Crippen LogP contribution in [-0.4, -0.2) is 36.1 Å². The van der Waals surface area contributed by atoms with Gasteiger partial charge in [0, 0.05) is 19.3 Å². The largest absolute Gasteiger partial charge is 0.383 e. The molecule has 0 saturated carbocycles. The van der Waals surface area contributed by atoms with Crippen LogP contribution in [0.2, 0.25) is 0 Å². The van der Waals surface area contributed by atoms with E-state index in [1.165, 1.54) is 0 Å². The minimum Gasteiger partial charge on any atom is -0.383 e. The molecule has 1 N–H and O–H groups in total. The summed E-state index contributed by atoms with van der Waals surface area (Å²) in [6.07, 6.45) is 0. The summed E-state index contributed by atoms with van der Waals surface area (Å²) in [4.78, 5) is 33.6. The highest BCUT2D eigenvalue weighted by Gasteiger charge is 2.44. The van der Waals surface area contributed by atoms with Gasteiger partial charge in [-0.1, -0.05) is 0 Å². The summed E-state index contributed by atoms with van der Waals surface area (Å²) in [6, 6.07) is 3.62. The second-order valence-electron chi connectivity index (χ2n) is 6.11. The lowest BCUT2D eigenvalue weighted by molar-refractivity contribution is -0.122. The Labute approximate surface area is 128 Å². The van der Waals surface area contributed by atoms with E-state index >= 15 is 0 Å². The first-order valence-electron chi connectivity index (χ1n) is 7.22. The van der Waals surface area contributed by atoms with Crippen molar-refractivity contribution in [1.29, 1.82) is 0 Å². The molecule has 0 spiro atoms. The molecular formula is C16H19N3O3. The molecule has 6 nitrogen and oxygen atoms in total. The summed E-state index contributed by atoms with van der Waals surface area (Å²) in [6.45, 7) is 6.45. The summed E-state index contributed by atoms with van der Waals surface area (Å²) in [5, 5.41) is 0.497. The number of carbonyl (C=O) groups excluding carboxylic acids is 1. The minimum absolute atomic E-state index is 0.0167. The Kier molecular flexibility index (Phi) is 3.29. The maximum atomic E-state index is 12.7. The smallest absolute Gasteiger partial charge is 0.258 e. The van der Waals surface area contributed by atoms with E-state index in [0.717, 1.165) is 11.3 Å². The summed E-state index contributed by atoms with van der Waals surface area (Å²) in [7, 11) is 1.60. The lowest BCUT2D eigenvalue weighted by atomic mass is 9.86. The standard InChI is InChI=1S/C16H19N3O3/c1-9-17-12-8-11-13(7-10(12)14(20)18-9)19(5-6-22-4)15(21)16(11,2)3/h7-8H,5-6H2,1-4H3,(H,17,18,20). The van der Waals surface area contributed by atoms with Gasteiger partial charge in [-0.25, -0.2) is 4.98 Å². The van der Waals surface area contributed by atoms with Gasteiger partial charge in [0.1, 0.15) is 5.82 Å². The van der Waals surface area contributed by atoms with Gasteiger partial charge in [0.2, 0.25) is 5.91 Å². The maximum Gasteiger partial charge on any atom is 0.258 e. The van der Waals surface area contributed by atoms with Crippen LogP contribution >= 0.6 is 0 Å². The fraction of sp³-hybridized carbons (Fsp3) is 0.438. The molecule has 0 bridgehead atoms. The van der Waals surface area contributed by atoms with Gasteiger partial charge in [0.15, 0.2) is 0 Å². The summed E-state index contributed by atoms with van der Waals surface area (Å²) in [5.74, 6) is 0.582. The number of methoxy groups -OCH3 is 1. The quantitative estimate of drug-likeness (QED) is 0.932. The van der Waals surface area contributed by atoms with Crippen LogP contribution in [0.3, 0.4) is 0 Å². The number of benzene rings is 1. The van der Waals surface area contributed by atoms with Gasteiger partial charge >= 0.3 is 0 Å². The van der Waals surface area contributed by atoms with Crippen molar-refractivity contribution in [2.45, 2.75) is 26.2 Å². The van der Waals surface area contributed by atoms with Gasteiger partial charge in [-0.2, -0.15) is 0 Å². The number of carbonyl (C=O) groups is 1. The van der Waals surface area contributed by atoms with E-state index in [9.17, 15) is 9.59 Å². The normalized spacial score (nSPS) is 16.4. The summed E-state index contributed by atoms with van der Waals surface area (Å²) in [5.41, 5.74) is 1.48. The number of aromatic nitrogens is 2. The van der Waals surface area contributed by atoms with Crippen LogP contribution in [0, 0.1) is 6.92 Å². The number of ether oxygens (including phenoxy) is 1. The van der Waals surface area contributed by atoms with Crippen LogP contribution in [0.5, 0.6) is 0 Å². The van der Waals surface area contributed by atoms with Crippen molar-refractivity contribution in [3.8, 4) is 0 Å². The number of nitrogens with one attached hydrogen (secondary N) is 1. The average molecular weight is 301 g/mol. The molecule has 0 atom stereocenters. The van der Waals surface area contributed by atoms with Crippen molar-refractivity contribution in [3.63, 3.8) is 0 Å². The molecule has 3 rings (SSSR count). The van der Waals surface area contributed by atoms with Crippen LogP contribution in [0.15, 0.2) is 16.9 Å². The summed E-state index contributed by atoms with van der Waals surface area (Å²) < 4.78 is 5.09. The first-order valence-corrected chi connectivity index (χ1v) is 7.22. The molecule has 0 unspecified atom stereocenters. The predicted octanol–water partition coefficient (Wildman–Crippen LogP) is 1.50. The minimum atomic E-state index is -0.630. The monoisotopic (exact) mass is 301 g/mol. The number of aromatic amines is 1. The second-order valence-corrected chi connectivity index (χ2v) is 6.11. The van der Waals surface area contributed by atoms with E-state index in [4.69, 9.17) is 4.74 Å². The molecule has 0 radical (unpaired) electrons. The average Bonchev–Trinajstić information content (AvgIpc) is 2.63. The Morgan fingerprint density at radius 2 is 2.05 bits per heavy atom. The molecule has 1 aliphatic heterocycles. The third kappa shape index (κ3) is 2.02. The highest BCUT2D eigenvalue weighted by molar-refractivity contribution is 6.09. The first-order chi connectivity index (χ1) is 10.4. The molecule has 116 valence electrons. The lowest BCUT2D eigenvalue weighted by Crippen LogP contribution is -2.37. The molecule has 2 aromatic rings. The van der Waals surface area contributed by atoms with Crippen molar-refractivity contribution in [1.82, 2.24) is 9.97 Å². The highest BCUT2D eigenvalue weighted by Crippen LogP contribution is 2.42. The van der Waals surface area contributed by atoms with Crippen LogP contribution in [0.4, 0.5) is 5.69 Å². The van der Waals surface area contributed by atoms with Crippen LogP contribution < -0.4 is 10.5 Å². The van der Waals surface area contributed by atoms with Crippen molar-refractivity contribution < 1.29 is 9.53 Å². The Balaban J connectivity index is 2.26. The number of nitrogens with zero attached hydrogens (tertiary/aromatic N) is 2. The zero-order valence-corrected chi connectivity index (χ0v) is 13.2. The van der Waals surface area contributed by atoms with Gasteiger partial charge in [-0.3, -0.25) is 9.59 Å². The van der Waals surface area contributed by atoms with Crippen LogP contribution in [0.25, 0.3) is 10.9 Å². The molecule has 0 aliphatic carbocycles. The fourth-order valence-electron chi connectivity index (χ4n) is 2.98. The third-order valence-corrected chi connectivity index (χ3v) is 4.20. The van der Waals surface area contributed by atoms with Gasteiger partial charge in [0.25, 0.3) is 5.56 Å². The van der Waals surface area contributed by atoms with E-state index in [1.54, 1.807) is 25.0 Å². The Morgan fingerprint density at radius 3 is 2.73 bits per heavy atom. The molecule has 1 aliphatic rings. The zero-order valence-electron chi connectivity index (χ0n) is 13.2. The molecule has 1 aromatic heterocycles. The highest BCUT2D eigenvalue weighted by atomic mass is 16.5. The van der Waals surface area contributed by atoms with Crippen molar-refractivity contribution in [2.24, 2.45) is 0 Å². The maximum absolute atomic E-state index is 12.7. The van der Waals surface area contributed by atoms with Crippen molar-refractivity contribution in [3.05, 3.63) is 33.9 Å². The van der Waals surface area contributed by atoms with Crippen LogP contribution in [0.1, 0.15) is 25.2 Å². The molecule has 1 amide bonds. The number of hydrogen-bond acceptors (Lipinski definition) is 4. The van der Waals surface area contributed by atoms with E-state index in [-0.39, 0.29) is 11.5 Å². The number of hydrogen-bond donors (Lipinski definition) is 1. The molecule has 6 heteroatoms. The van der Waals surface area contributed by atoms with Gasteiger partial charge in [0.05, 0.1) is 22.9 Å². The van der Waals surface area contributed by atoms with E-state index in [1.807, 2.05) is 19.9 Å².